The van der Waals surface area contributed by atoms with Crippen LogP contribution in [0.5, 0.6) is 0 Å². The fraction of sp³-hybridized carbons (Fsp3) is 1.00. The lowest BCUT2D eigenvalue weighted by Gasteiger charge is -2.31. The minimum atomic E-state index is -3.03. The molecule has 2 aliphatic rings. The van der Waals surface area contributed by atoms with Crippen molar-refractivity contribution in [2.24, 2.45) is 0 Å². The molecule has 12 heavy (non-hydrogen) atoms. The summed E-state index contributed by atoms with van der Waals surface area (Å²) in [6.45, 7) is 0. The van der Waals surface area contributed by atoms with Crippen LogP contribution in [0.25, 0.3) is 0 Å². The van der Waals surface area contributed by atoms with E-state index in [1.165, 1.54) is 0 Å². The second-order valence-electron chi connectivity index (χ2n) is 3.68. The van der Waals surface area contributed by atoms with E-state index in [1.807, 2.05) is 0 Å². The van der Waals surface area contributed by atoms with Crippen LogP contribution < -0.4 is 4.72 Å². The molecule has 0 atom stereocenters. The van der Waals surface area contributed by atoms with Gasteiger partial charge in [0.25, 0.3) is 0 Å². The van der Waals surface area contributed by atoms with Gasteiger partial charge in [-0.15, -0.1) is 0 Å². The molecule has 0 amide bonds. The molecule has 0 radical (unpaired) electrons. The summed E-state index contributed by atoms with van der Waals surface area (Å²) in [6.07, 6.45) is 2.45. The van der Waals surface area contributed by atoms with Gasteiger partial charge in [0.15, 0.2) is 0 Å². The Hall–Kier alpha value is -0.130. The van der Waals surface area contributed by atoms with Crippen molar-refractivity contribution in [3.8, 4) is 0 Å². The van der Waals surface area contributed by atoms with Crippen LogP contribution in [0.15, 0.2) is 0 Å². The molecule has 0 aliphatic heterocycles. The lowest BCUT2D eigenvalue weighted by Crippen LogP contribution is -2.47. The number of sulfonamides is 1. The van der Waals surface area contributed by atoms with E-state index in [9.17, 15) is 8.42 Å². The average molecular weight is 191 g/mol. The molecule has 70 valence electrons. The SMILES string of the molecule is O=S(=O)(NC1CC(O)C1)C1CC1. The quantitative estimate of drug-likeness (QED) is 0.637. The van der Waals surface area contributed by atoms with Gasteiger partial charge in [-0.3, -0.25) is 0 Å². The molecule has 2 saturated carbocycles. The molecule has 0 aromatic carbocycles. The fourth-order valence-corrected chi connectivity index (χ4v) is 3.00. The second-order valence-corrected chi connectivity index (χ2v) is 5.68. The summed E-state index contributed by atoms with van der Waals surface area (Å²) in [6, 6.07) is -0.00870. The van der Waals surface area contributed by atoms with E-state index in [4.69, 9.17) is 5.11 Å². The number of hydrogen-bond acceptors (Lipinski definition) is 3. The Labute approximate surface area is 72.0 Å². The summed E-state index contributed by atoms with van der Waals surface area (Å²) >= 11 is 0. The molecule has 0 unspecified atom stereocenters. The molecule has 2 fully saturated rings. The van der Waals surface area contributed by atoms with Crippen molar-refractivity contribution in [3.63, 3.8) is 0 Å². The maximum Gasteiger partial charge on any atom is 0.214 e. The van der Waals surface area contributed by atoms with Crippen LogP contribution in [0.4, 0.5) is 0 Å². The Morgan fingerprint density at radius 2 is 1.83 bits per heavy atom. The Balaban J connectivity index is 1.86. The van der Waals surface area contributed by atoms with Gasteiger partial charge in [0.2, 0.25) is 10.0 Å². The van der Waals surface area contributed by atoms with Gasteiger partial charge in [-0.05, 0) is 25.7 Å². The normalized spacial score (nSPS) is 36.1. The van der Waals surface area contributed by atoms with Crippen molar-refractivity contribution in [1.82, 2.24) is 4.72 Å². The van der Waals surface area contributed by atoms with E-state index in [0.717, 1.165) is 12.8 Å². The highest BCUT2D eigenvalue weighted by Gasteiger charge is 2.39. The van der Waals surface area contributed by atoms with Crippen LogP contribution in [0.3, 0.4) is 0 Å². The van der Waals surface area contributed by atoms with Crippen molar-refractivity contribution in [1.29, 1.82) is 0 Å². The third-order valence-corrected chi connectivity index (χ3v) is 4.42. The molecule has 0 heterocycles. The van der Waals surface area contributed by atoms with E-state index in [-0.39, 0.29) is 17.4 Å². The first-order chi connectivity index (χ1) is 5.58. The number of hydrogen-bond donors (Lipinski definition) is 2. The molecule has 0 aromatic rings. The third-order valence-electron chi connectivity index (χ3n) is 2.41. The molecule has 2 aliphatic carbocycles. The van der Waals surface area contributed by atoms with E-state index in [1.54, 1.807) is 0 Å². The minimum Gasteiger partial charge on any atom is -0.393 e. The van der Waals surface area contributed by atoms with Gasteiger partial charge in [0.05, 0.1) is 11.4 Å². The summed E-state index contributed by atoms with van der Waals surface area (Å²) < 4.78 is 25.2. The van der Waals surface area contributed by atoms with Crippen LogP contribution in [0, 0.1) is 0 Å². The van der Waals surface area contributed by atoms with Crippen molar-refractivity contribution in [3.05, 3.63) is 0 Å². The third kappa shape index (κ3) is 1.62. The molecule has 4 nitrogen and oxygen atoms in total. The highest BCUT2D eigenvalue weighted by Crippen LogP contribution is 2.29. The van der Waals surface area contributed by atoms with Crippen molar-refractivity contribution in [2.75, 3.05) is 0 Å². The lowest BCUT2D eigenvalue weighted by atomic mass is 9.91. The first kappa shape index (κ1) is 8.47. The van der Waals surface area contributed by atoms with Crippen molar-refractivity contribution >= 4 is 10.0 Å². The van der Waals surface area contributed by atoms with E-state index in [2.05, 4.69) is 4.72 Å². The van der Waals surface area contributed by atoms with Gasteiger partial charge in [-0.2, -0.15) is 0 Å². The second kappa shape index (κ2) is 2.68. The van der Waals surface area contributed by atoms with E-state index in [0.29, 0.717) is 12.8 Å². The van der Waals surface area contributed by atoms with Gasteiger partial charge in [0, 0.05) is 6.04 Å². The minimum absolute atomic E-state index is 0.00870. The van der Waals surface area contributed by atoms with Gasteiger partial charge in [0.1, 0.15) is 0 Å². The van der Waals surface area contributed by atoms with Crippen LogP contribution in [0.2, 0.25) is 0 Å². The first-order valence-electron chi connectivity index (χ1n) is 4.27. The predicted molar refractivity (Wildman–Crippen MR) is 44.1 cm³/mol. The first-order valence-corrected chi connectivity index (χ1v) is 5.82. The Bertz CT molecular complexity index is 264. The molecule has 0 saturated heterocycles. The van der Waals surface area contributed by atoms with Crippen LogP contribution in [-0.4, -0.2) is 30.9 Å². The molecule has 2 N–H and O–H groups in total. The Morgan fingerprint density at radius 1 is 1.25 bits per heavy atom. The monoisotopic (exact) mass is 191 g/mol. The smallest absolute Gasteiger partial charge is 0.214 e. The Morgan fingerprint density at radius 3 is 2.25 bits per heavy atom. The number of rotatable bonds is 3. The molecule has 0 spiro atoms. The zero-order valence-electron chi connectivity index (χ0n) is 6.73. The molecule has 5 heteroatoms. The van der Waals surface area contributed by atoms with E-state index < -0.39 is 10.0 Å². The van der Waals surface area contributed by atoms with Crippen LogP contribution in [-0.2, 0) is 10.0 Å². The van der Waals surface area contributed by atoms with E-state index >= 15 is 0 Å². The zero-order valence-corrected chi connectivity index (χ0v) is 7.55. The number of aliphatic hydroxyl groups excluding tert-OH is 1. The molecule has 0 aromatic heterocycles. The maximum atomic E-state index is 11.3. The molecular formula is C7H13NO3S. The predicted octanol–water partition coefficient (Wildman–Crippen LogP) is -0.409. The topological polar surface area (TPSA) is 66.4 Å². The average Bonchev–Trinajstić information content (AvgIpc) is 2.63. The van der Waals surface area contributed by atoms with Crippen molar-refractivity contribution < 1.29 is 13.5 Å². The Kier molecular flexibility index (Phi) is 1.89. The summed E-state index contributed by atoms with van der Waals surface area (Å²) in [5.41, 5.74) is 0. The highest BCUT2D eigenvalue weighted by atomic mass is 32.2. The zero-order chi connectivity index (χ0) is 8.77. The van der Waals surface area contributed by atoms with Gasteiger partial charge < -0.3 is 5.11 Å². The van der Waals surface area contributed by atoms with Crippen molar-refractivity contribution in [2.45, 2.75) is 43.1 Å². The summed E-state index contributed by atoms with van der Waals surface area (Å²) in [7, 11) is -3.03. The highest BCUT2D eigenvalue weighted by molar-refractivity contribution is 7.90. The summed E-state index contributed by atoms with van der Waals surface area (Å²) in [5, 5.41) is 8.79. The lowest BCUT2D eigenvalue weighted by molar-refractivity contribution is 0.0712. The summed E-state index contributed by atoms with van der Waals surface area (Å²) in [4.78, 5) is 0. The largest absolute Gasteiger partial charge is 0.393 e. The summed E-state index contributed by atoms with van der Waals surface area (Å²) in [5.74, 6) is 0. The fourth-order valence-electron chi connectivity index (χ4n) is 1.39. The maximum absolute atomic E-state index is 11.3. The number of nitrogens with one attached hydrogen (secondary N) is 1. The van der Waals surface area contributed by atoms with Gasteiger partial charge in [-0.25, -0.2) is 13.1 Å². The molecule has 0 bridgehead atoms. The van der Waals surface area contributed by atoms with Gasteiger partial charge in [-0.1, -0.05) is 0 Å². The van der Waals surface area contributed by atoms with Crippen LogP contribution >= 0.6 is 0 Å². The van der Waals surface area contributed by atoms with Crippen LogP contribution in [0.1, 0.15) is 25.7 Å². The number of aliphatic hydroxyl groups is 1. The van der Waals surface area contributed by atoms with Gasteiger partial charge >= 0.3 is 0 Å². The molecular weight excluding hydrogens is 178 g/mol. The molecule has 2 rings (SSSR count). The standard InChI is InChI=1S/C7H13NO3S/c9-6-3-5(4-6)8-12(10,11)7-1-2-7/h5-9H,1-4H2.